The van der Waals surface area contributed by atoms with Gasteiger partial charge >= 0.3 is 0 Å². The third-order valence-electron chi connectivity index (χ3n) is 4.09. The second-order valence-corrected chi connectivity index (χ2v) is 8.48. The lowest BCUT2D eigenvalue weighted by Gasteiger charge is -2.11. The number of thiazole rings is 1. The first-order chi connectivity index (χ1) is 13.9. The first-order valence-corrected chi connectivity index (χ1v) is 10.4. The summed E-state index contributed by atoms with van der Waals surface area (Å²) in [6, 6.07) is 7.76. The number of amides is 2. The number of aryl methyl sites for hydroxylation is 1. The highest BCUT2D eigenvalue weighted by Gasteiger charge is 2.14. The molecular weight excluding hydrogens is 413 g/mol. The molecule has 2 amide bonds. The Balaban J connectivity index is 1.51. The smallest absolute Gasteiger partial charge is 0.262 e. The van der Waals surface area contributed by atoms with E-state index in [-0.39, 0.29) is 18.2 Å². The van der Waals surface area contributed by atoms with Crippen molar-refractivity contribution in [3.63, 3.8) is 0 Å². The molecule has 0 saturated heterocycles. The number of carbonyl (C=O) groups is 2. The maximum Gasteiger partial charge on any atom is 0.262 e. The van der Waals surface area contributed by atoms with Crippen LogP contribution in [-0.4, -0.2) is 23.4 Å². The molecule has 4 rings (SSSR count). The standard InChI is InChI=1S/C20H16FN3O3S2/c1-10(25)22-12-3-4-14(21)15(7-12)24-18(26)9-27-16-8-17-19(23-11(2)29-17)20-13(16)5-6-28-20/h3-8H,9H2,1-2H3,(H,22,25)(H,24,26). The molecule has 0 saturated carbocycles. The van der Waals surface area contributed by atoms with E-state index in [1.165, 1.54) is 25.1 Å². The monoisotopic (exact) mass is 429 g/mol. The number of hydrogen-bond donors (Lipinski definition) is 2. The Morgan fingerprint density at radius 1 is 1.21 bits per heavy atom. The predicted molar refractivity (Wildman–Crippen MR) is 115 cm³/mol. The lowest BCUT2D eigenvalue weighted by atomic mass is 10.2. The molecule has 0 radical (unpaired) electrons. The number of nitrogens with zero attached hydrogens (tertiary/aromatic N) is 1. The van der Waals surface area contributed by atoms with E-state index in [0.29, 0.717) is 11.4 Å². The number of nitrogens with one attached hydrogen (secondary N) is 2. The van der Waals surface area contributed by atoms with E-state index in [9.17, 15) is 14.0 Å². The van der Waals surface area contributed by atoms with Crippen LogP contribution in [0.1, 0.15) is 11.9 Å². The lowest BCUT2D eigenvalue weighted by molar-refractivity contribution is -0.118. The van der Waals surface area contributed by atoms with Crippen LogP contribution >= 0.6 is 22.7 Å². The number of anilines is 2. The van der Waals surface area contributed by atoms with Crippen molar-refractivity contribution in [1.29, 1.82) is 0 Å². The van der Waals surface area contributed by atoms with Crippen molar-refractivity contribution in [2.75, 3.05) is 17.2 Å². The van der Waals surface area contributed by atoms with Crippen LogP contribution in [0.3, 0.4) is 0 Å². The van der Waals surface area contributed by atoms with Gasteiger partial charge in [-0.1, -0.05) is 0 Å². The fourth-order valence-corrected chi connectivity index (χ4v) is 4.77. The summed E-state index contributed by atoms with van der Waals surface area (Å²) < 4.78 is 21.7. The van der Waals surface area contributed by atoms with E-state index in [1.54, 1.807) is 22.7 Å². The maximum atomic E-state index is 14.0. The molecule has 29 heavy (non-hydrogen) atoms. The van der Waals surface area contributed by atoms with Gasteiger partial charge in [0.25, 0.3) is 5.91 Å². The summed E-state index contributed by atoms with van der Waals surface area (Å²) in [5.41, 5.74) is 1.30. The van der Waals surface area contributed by atoms with E-state index in [1.807, 2.05) is 24.4 Å². The molecule has 0 bridgehead atoms. The summed E-state index contributed by atoms with van der Waals surface area (Å²) in [5.74, 6) is -0.812. The zero-order valence-corrected chi connectivity index (χ0v) is 17.2. The molecule has 0 aliphatic carbocycles. The fraction of sp³-hybridized carbons (Fsp3) is 0.150. The number of carbonyl (C=O) groups excluding carboxylic acids is 2. The van der Waals surface area contributed by atoms with Crippen molar-refractivity contribution in [2.24, 2.45) is 0 Å². The number of fused-ring (bicyclic) bond motifs is 3. The highest BCUT2D eigenvalue weighted by atomic mass is 32.1. The van der Waals surface area contributed by atoms with E-state index >= 15 is 0 Å². The molecule has 2 N–H and O–H groups in total. The molecular formula is C20H16FN3O3S2. The van der Waals surface area contributed by atoms with Gasteiger partial charge in [-0.05, 0) is 36.6 Å². The van der Waals surface area contributed by atoms with Crippen LogP contribution in [0.15, 0.2) is 35.7 Å². The highest BCUT2D eigenvalue weighted by Crippen LogP contribution is 2.38. The summed E-state index contributed by atoms with van der Waals surface area (Å²) in [4.78, 5) is 28.0. The van der Waals surface area contributed by atoms with E-state index in [0.717, 1.165) is 25.3 Å². The molecule has 6 nitrogen and oxygen atoms in total. The van der Waals surface area contributed by atoms with Crippen molar-refractivity contribution in [2.45, 2.75) is 13.8 Å². The highest BCUT2D eigenvalue weighted by molar-refractivity contribution is 7.21. The fourth-order valence-electron chi connectivity index (χ4n) is 2.94. The van der Waals surface area contributed by atoms with Crippen LogP contribution < -0.4 is 15.4 Å². The van der Waals surface area contributed by atoms with Crippen LogP contribution in [0.25, 0.3) is 20.3 Å². The zero-order valence-electron chi connectivity index (χ0n) is 15.5. The van der Waals surface area contributed by atoms with Gasteiger partial charge in [-0.2, -0.15) is 0 Å². The van der Waals surface area contributed by atoms with Crippen molar-refractivity contribution in [1.82, 2.24) is 4.98 Å². The Labute approximate surface area is 173 Å². The van der Waals surface area contributed by atoms with Gasteiger partial charge in [-0.25, -0.2) is 9.37 Å². The molecule has 148 valence electrons. The van der Waals surface area contributed by atoms with Crippen molar-refractivity contribution >= 4 is 66.2 Å². The molecule has 0 aliphatic heterocycles. The van der Waals surface area contributed by atoms with E-state index < -0.39 is 11.7 Å². The molecule has 2 aromatic carbocycles. The van der Waals surface area contributed by atoms with Crippen molar-refractivity contribution in [3.8, 4) is 5.75 Å². The Morgan fingerprint density at radius 2 is 2.03 bits per heavy atom. The van der Waals surface area contributed by atoms with Gasteiger partial charge in [0.2, 0.25) is 5.91 Å². The quantitative estimate of drug-likeness (QED) is 0.471. The van der Waals surface area contributed by atoms with Gasteiger partial charge in [0, 0.05) is 24.1 Å². The van der Waals surface area contributed by atoms with Crippen molar-refractivity contribution in [3.05, 3.63) is 46.5 Å². The minimum absolute atomic E-state index is 0.0286. The summed E-state index contributed by atoms with van der Waals surface area (Å²) in [6.07, 6.45) is 0. The van der Waals surface area contributed by atoms with Gasteiger partial charge in [-0.3, -0.25) is 9.59 Å². The molecule has 0 spiro atoms. The molecule has 0 unspecified atom stereocenters. The topological polar surface area (TPSA) is 80.3 Å². The molecule has 0 aliphatic rings. The number of hydrogen-bond acceptors (Lipinski definition) is 6. The number of ether oxygens (including phenoxy) is 1. The number of halogens is 1. The third-order valence-corrected chi connectivity index (χ3v) is 5.93. The van der Waals surface area contributed by atoms with Crippen LogP contribution in [0.2, 0.25) is 0 Å². The third kappa shape index (κ3) is 4.06. The maximum absolute atomic E-state index is 14.0. The number of aromatic nitrogens is 1. The average molecular weight is 429 g/mol. The van der Waals surface area contributed by atoms with Gasteiger partial charge in [0.05, 0.1) is 25.6 Å². The second-order valence-electron chi connectivity index (χ2n) is 6.33. The minimum Gasteiger partial charge on any atom is -0.483 e. The second kappa shape index (κ2) is 7.76. The van der Waals surface area contributed by atoms with Gasteiger partial charge in [0.15, 0.2) is 6.61 Å². The largest absolute Gasteiger partial charge is 0.483 e. The summed E-state index contributed by atoms with van der Waals surface area (Å²) in [6.45, 7) is 3.02. The Morgan fingerprint density at radius 3 is 2.83 bits per heavy atom. The summed E-state index contributed by atoms with van der Waals surface area (Å²) in [5, 5.41) is 8.83. The van der Waals surface area contributed by atoms with Crippen LogP contribution in [-0.2, 0) is 9.59 Å². The molecule has 9 heteroatoms. The Kier molecular flexibility index (Phi) is 5.16. The molecule has 2 aromatic heterocycles. The zero-order chi connectivity index (χ0) is 20.5. The van der Waals surface area contributed by atoms with Crippen LogP contribution in [0.4, 0.5) is 15.8 Å². The predicted octanol–water partition coefficient (Wildman–Crippen LogP) is 4.93. The normalized spacial score (nSPS) is 11.0. The van der Waals surface area contributed by atoms with Crippen LogP contribution in [0.5, 0.6) is 5.75 Å². The van der Waals surface area contributed by atoms with E-state index in [4.69, 9.17) is 4.74 Å². The Bertz CT molecular complexity index is 1250. The average Bonchev–Trinajstić information content (AvgIpc) is 3.27. The lowest BCUT2D eigenvalue weighted by Crippen LogP contribution is -2.21. The first-order valence-electron chi connectivity index (χ1n) is 8.68. The van der Waals surface area contributed by atoms with Gasteiger partial charge in [-0.15, -0.1) is 22.7 Å². The molecule has 4 aromatic rings. The Hall–Kier alpha value is -3.04. The SMILES string of the molecule is CC(=O)Nc1ccc(F)c(NC(=O)COc2cc3sc(C)nc3c3sccc23)c1. The van der Waals surface area contributed by atoms with Crippen LogP contribution in [0, 0.1) is 12.7 Å². The summed E-state index contributed by atoms with van der Waals surface area (Å²) in [7, 11) is 0. The number of benzene rings is 2. The van der Waals surface area contributed by atoms with E-state index in [2.05, 4.69) is 15.6 Å². The molecule has 0 atom stereocenters. The molecule has 0 fully saturated rings. The van der Waals surface area contributed by atoms with Crippen molar-refractivity contribution < 1.29 is 18.7 Å². The van der Waals surface area contributed by atoms with Gasteiger partial charge < -0.3 is 15.4 Å². The number of rotatable bonds is 5. The summed E-state index contributed by atoms with van der Waals surface area (Å²) >= 11 is 3.13. The number of thiophene rings is 1. The molecule has 2 heterocycles. The first kappa shape index (κ1) is 19.3. The minimum atomic E-state index is -0.603. The van der Waals surface area contributed by atoms with Gasteiger partial charge in [0.1, 0.15) is 11.6 Å².